The van der Waals surface area contributed by atoms with Crippen LogP contribution in [0, 0.1) is 0 Å². The van der Waals surface area contributed by atoms with Gasteiger partial charge in [0.25, 0.3) is 5.91 Å². The van der Waals surface area contributed by atoms with Crippen LogP contribution >= 0.6 is 22.9 Å². The molecular weight excluding hydrogens is 446 g/mol. The van der Waals surface area contributed by atoms with Crippen LogP contribution in [0.5, 0.6) is 11.5 Å². The quantitative estimate of drug-likeness (QED) is 0.327. The molecule has 1 heterocycles. The van der Waals surface area contributed by atoms with Crippen LogP contribution in [0.1, 0.15) is 10.4 Å². The highest BCUT2D eigenvalue weighted by Crippen LogP contribution is 2.29. The summed E-state index contributed by atoms with van der Waals surface area (Å²) in [5.74, 6) is 0.850. The van der Waals surface area contributed by atoms with Crippen molar-refractivity contribution in [3.8, 4) is 22.8 Å². The topological polar surface area (TPSA) is 72.5 Å². The molecule has 6 nitrogen and oxygen atoms in total. The van der Waals surface area contributed by atoms with Gasteiger partial charge >= 0.3 is 0 Å². The second kappa shape index (κ2) is 9.72. The van der Waals surface area contributed by atoms with Crippen molar-refractivity contribution in [1.82, 2.24) is 4.98 Å². The molecule has 0 bridgehead atoms. The van der Waals surface area contributed by atoms with Crippen LogP contribution in [0.4, 0.5) is 16.5 Å². The van der Waals surface area contributed by atoms with Crippen LogP contribution in [-0.4, -0.2) is 25.1 Å². The van der Waals surface area contributed by atoms with Gasteiger partial charge in [0, 0.05) is 39.0 Å². The molecule has 4 aromatic rings. The maximum atomic E-state index is 12.7. The maximum Gasteiger partial charge on any atom is 0.255 e. The zero-order valence-corrected chi connectivity index (χ0v) is 19.0. The molecule has 0 saturated carbocycles. The third-order valence-corrected chi connectivity index (χ3v) is 5.63. The first-order chi connectivity index (χ1) is 15.5. The molecular formula is C24H20ClN3O3S. The van der Waals surface area contributed by atoms with Crippen LogP contribution in [0.3, 0.4) is 0 Å². The van der Waals surface area contributed by atoms with Gasteiger partial charge in [-0.1, -0.05) is 29.8 Å². The third-order valence-electron chi connectivity index (χ3n) is 4.63. The van der Waals surface area contributed by atoms with Gasteiger partial charge in [0.2, 0.25) is 0 Å². The SMILES string of the molecule is COc1cc(OC)cc(C(=O)Nc2ccc(-c3csc(Nc4cccc(Cl)c4)n3)cc2)c1. The first-order valence-electron chi connectivity index (χ1n) is 9.67. The first-order valence-corrected chi connectivity index (χ1v) is 10.9. The summed E-state index contributed by atoms with van der Waals surface area (Å²) >= 11 is 7.54. The van der Waals surface area contributed by atoms with E-state index >= 15 is 0 Å². The number of nitrogens with zero attached hydrogens (tertiary/aromatic N) is 1. The van der Waals surface area contributed by atoms with Crippen molar-refractivity contribution in [3.63, 3.8) is 0 Å². The molecule has 0 aliphatic rings. The van der Waals surface area contributed by atoms with E-state index in [1.807, 2.05) is 53.9 Å². The molecule has 2 N–H and O–H groups in total. The maximum absolute atomic E-state index is 12.7. The molecule has 0 fully saturated rings. The molecule has 0 radical (unpaired) electrons. The van der Waals surface area contributed by atoms with Crippen molar-refractivity contribution < 1.29 is 14.3 Å². The number of amides is 1. The molecule has 1 aromatic heterocycles. The number of ether oxygens (including phenoxy) is 2. The Kier molecular flexibility index (Phi) is 6.58. The van der Waals surface area contributed by atoms with Crippen molar-refractivity contribution in [2.75, 3.05) is 24.9 Å². The van der Waals surface area contributed by atoms with E-state index in [4.69, 9.17) is 21.1 Å². The van der Waals surface area contributed by atoms with Crippen LogP contribution in [0.2, 0.25) is 5.02 Å². The average Bonchev–Trinajstić information content (AvgIpc) is 3.27. The van der Waals surface area contributed by atoms with Crippen molar-refractivity contribution >= 4 is 45.4 Å². The standard InChI is InChI=1S/C24H20ClN3O3S/c1-30-20-10-16(11-21(13-20)31-2)23(29)26-18-8-6-15(7-9-18)22-14-32-24(28-22)27-19-5-3-4-17(25)12-19/h3-14H,1-2H3,(H,26,29)(H,27,28). The van der Waals surface area contributed by atoms with Crippen LogP contribution < -0.4 is 20.1 Å². The molecule has 0 unspecified atom stereocenters. The van der Waals surface area contributed by atoms with E-state index in [1.165, 1.54) is 11.3 Å². The summed E-state index contributed by atoms with van der Waals surface area (Å²) < 4.78 is 10.5. The highest BCUT2D eigenvalue weighted by atomic mass is 35.5. The fourth-order valence-corrected chi connectivity index (χ4v) is 3.95. The Labute approximate surface area is 194 Å². The Balaban J connectivity index is 1.44. The molecule has 4 rings (SSSR count). The molecule has 0 aliphatic heterocycles. The number of hydrogen-bond acceptors (Lipinski definition) is 6. The molecule has 0 saturated heterocycles. The van der Waals surface area contributed by atoms with Gasteiger partial charge in [-0.25, -0.2) is 4.98 Å². The van der Waals surface area contributed by atoms with E-state index in [2.05, 4.69) is 15.6 Å². The predicted octanol–water partition coefficient (Wildman–Crippen LogP) is 6.48. The largest absolute Gasteiger partial charge is 0.497 e. The predicted molar refractivity (Wildman–Crippen MR) is 130 cm³/mol. The van der Waals surface area contributed by atoms with Crippen molar-refractivity contribution in [2.24, 2.45) is 0 Å². The minimum absolute atomic E-state index is 0.253. The Morgan fingerprint density at radius 1 is 0.938 bits per heavy atom. The summed E-state index contributed by atoms with van der Waals surface area (Å²) in [6, 6.07) is 20.0. The normalized spacial score (nSPS) is 10.5. The van der Waals surface area contributed by atoms with Crippen molar-refractivity contribution in [3.05, 3.63) is 82.7 Å². The number of rotatable bonds is 7. The number of methoxy groups -OCH3 is 2. The molecule has 0 atom stereocenters. The lowest BCUT2D eigenvalue weighted by Gasteiger charge is -2.09. The second-order valence-corrected chi connectivity index (χ2v) is 8.10. The number of anilines is 3. The number of halogens is 1. The molecule has 0 spiro atoms. The number of aromatic nitrogens is 1. The summed E-state index contributed by atoms with van der Waals surface area (Å²) in [6.45, 7) is 0. The summed E-state index contributed by atoms with van der Waals surface area (Å²) in [4.78, 5) is 17.3. The van der Waals surface area contributed by atoms with Gasteiger partial charge in [-0.05, 0) is 42.5 Å². The van der Waals surface area contributed by atoms with E-state index < -0.39 is 0 Å². The Morgan fingerprint density at radius 3 is 2.31 bits per heavy atom. The van der Waals surface area contributed by atoms with Gasteiger partial charge in [-0.15, -0.1) is 11.3 Å². The van der Waals surface area contributed by atoms with Gasteiger partial charge in [0.1, 0.15) is 11.5 Å². The lowest BCUT2D eigenvalue weighted by atomic mass is 10.1. The van der Waals surface area contributed by atoms with E-state index in [0.717, 1.165) is 22.1 Å². The third kappa shape index (κ3) is 5.19. The zero-order valence-electron chi connectivity index (χ0n) is 17.4. The van der Waals surface area contributed by atoms with Gasteiger partial charge in [0.05, 0.1) is 19.9 Å². The summed E-state index contributed by atoms with van der Waals surface area (Å²) in [5.41, 5.74) is 3.79. The lowest BCUT2D eigenvalue weighted by molar-refractivity contribution is 0.102. The minimum atomic E-state index is -0.253. The molecule has 8 heteroatoms. The fraction of sp³-hybridized carbons (Fsp3) is 0.0833. The number of carbonyl (C=O) groups is 1. The fourth-order valence-electron chi connectivity index (χ4n) is 3.02. The molecule has 3 aromatic carbocycles. The van der Waals surface area contributed by atoms with Gasteiger partial charge in [-0.2, -0.15) is 0 Å². The van der Waals surface area contributed by atoms with Crippen molar-refractivity contribution in [1.29, 1.82) is 0 Å². The highest BCUT2D eigenvalue weighted by Gasteiger charge is 2.11. The monoisotopic (exact) mass is 465 g/mol. The average molecular weight is 466 g/mol. The number of carbonyl (C=O) groups excluding carboxylic acids is 1. The number of thiazole rings is 1. The summed E-state index contributed by atoms with van der Waals surface area (Å²) in [6.07, 6.45) is 0. The lowest BCUT2D eigenvalue weighted by Crippen LogP contribution is -2.12. The molecule has 1 amide bonds. The number of hydrogen-bond donors (Lipinski definition) is 2. The van der Waals surface area contributed by atoms with Crippen molar-refractivity contribution in [2.45, 2.75) is 0 Å². The molecule has 0 aliphatic carbocycles. The van der Waals surface area contributed by atoms with E-state index in [1.54, 1.807) is 32.4 Å². The molecule has 162 valence electrons. The zero-order chi connectivity index (χ0) is 22.5. The van der Waals surface area contributed by atoms with Gasteiger partial charge in [0.15, 0.2) is 5.13 Å². The first kappa shape index (κ1) is 21.7. The van der Waals surface area contributed by atoms with Crippen LogP contribution in [0.25, 0.3) is 11.3 Å². The Hall–Kier alpha value is -3.55. The molecule has 32 heavy (non-hydrogen) atoms. The number of benzene rings is 3. The van der Waals surface area contributed by atoms with E-state index in [0.29, 0.717) is 27.8 Å². The van der Waals surface area contributed by atoms with Gasteiger partial charge < -0.3 is 20.1 Å². The van der Waals surface area contributed by atoms with Crippen LogP contribution in [0.15, 0.2) is 72.1 Å². The second-order valence-electron chi connectivity index (χ2n) is 6.81. The Morgan fingerprint density at radius 2 is 1.66 bits per heavy atom. The van der Waals surface area contributed by atoms with Crippen LogP contribution in [-0.2, 0) is 0 Å². The summed E-state index contributed by atoms with van der Waals surface area (Å²) in [7, 11) is 3.09. The summed E-state index contributed by atoms with van der Waals surface area (Å²) in [5, 5.41) is 9.55. The van der Waals surface area contributed by atoms with E-state index in [-0.39, 0.29) is 5.91 Å². The number of nitrogens with one attached hydrogen (secondary N) is 2. The Bertz CT molecular complexity index is 1220. The smallest absolute Gasteiger partial charge is 0.255 e. The minimum Gasteiger partial charge on any atom is -0.497 e. The highest BCUT2D eigenvalue weighted by molar-refractivity contribution is 7.14. The van der Waals surface area contributed by atoms with E-state index in [9.17, 15) is 4.79 Å². The van der Waals surface area contributed by atoms with Gasteiger partial charge in [-0.3, -0.25) is 4.79 Å².